The molecule has 0 aliphatic rings. The number of nitrogens with zero attached hydrogens (tertiary/aromatic N) is 2. The predicted octanol–water partition coefficient (Wildman–Crippen LogP) is 0.844. The first-order valence-corrected chi connectivity index (χ1v) is 6.00. The minimum atomic E-state index is -0.548. The van der Waals surface area contributed by atoms with Crippen LogP contribution in [-0.4, -0.2) is 21.9 Å². The van der Waals surface area contributed by atoms with E-state index < -0.39 is 5.54 Å². The third-order valence-electron chi connectivity index (χ3n) is 1.65. The summed E-state index contributed by atoms with van der Waals surface area (Å²) in [5.74, 6) is 2.71. The molecule has 0 amide bonds. The van der Waals surface area contributed by atoms with Gasteiger partial charge in [-0.1, -0.05) is 5.16 Å². The molecule has 0 aliphatic heterocycles. The Morgan fingerprint density at radius 3 is 2.67 bits per heavy atom. The van der Waals surface area contributed by atoms with Crippen molar-refractivity contribution >= 4 is 11.8 Å². The Labute approximate surface area is 94.0 Å². The van der Waals surface area contributed by atoms with E-state index in [9.17, 15) is 0 Å². The maximum Gasteiger partial charge on any atom is 0.236 e. The van der Waals surface area contributed by atoms with Crippen molar-refractivity contribution in [3.05, 3.63) is 11.7 Å². The van der Waals surface area contributed by atoms with Gasteiger partial charge in [0, 0.05) is 11.8 Å². The first-order chi connectivity index (χ1) is 6.89. The fraction of sp³-hybridized carbons (Fsp3) is 0.778. The van der Waals surface area contributed by atoms with Crippen LogP contribution in [0, 0.1) is 0 Å². The molecule has 0 aromatic carbocycles. The summed E-state index contributed by atoms with van der Waals surface area (Å²) in [5.41, 5.74) is 10.9. The molecule has 86 valence electrons. The maximum atomic E-state index is 5.84. The summed E-state index contributed by atoms with van der Waals surface area (Å²) in [6, 6.07) is 0.184. The molecule has 0 radical (unpaired) electrons. The topological polar surface area (TPSA) is 91.0 Å². The van der Waals surface area contributed by atoms with Gasteiger partial charge in [0.05, 0.1) is 11.3 Å². The van der Waals surface area contributed by atoms with E-state index >= 15 is 0 Å². The van der Waals surface area contributed by atoms with Crippen LogP contribution in [0.5, 0.6) is 0 Å². The van der Waals surface area contributed by atoms with Crippen molar-refractivity contribution in [3.63, 3.8) is 0 Å². The average Bonchev–Trinajstić information content (AvgIpc) is 2.51. The molecule has 0 bridgehead atoms. The molecule has 0 saturated carbocycles. The fourth-order valence-corrected chi connectivity index (χ4v) is 1.69. The standard InChI is InChI=1S/C9H18N4OS/c1-6(10)4-15-5-7-12-8(13-14-7)9(2,3)11/h6H,4-5,10-11H2,1-3H3. The van der Waals surface area contributed by atoms with Crippen LogP contribution in [0.15, 0.2) is 4.52 Å². The summed E-state index contributed by atoms with van der Waals surface area (Å²) < 4.78 is 5.07. The van der Waals surface area contributed by atoms with Gasteiger partial charge >= 0.3 is 0 Å². The largest absolute Gasteiger partial charge is 0.338 e. The highest BCUT2D eigenvalue weighted by atomic mass is 32.2. The number of hydrogen-bond donors (Lipinski definition) is 2. The van der Waals surface area contributed by atoms with E-state index in [0.29, 0.717) is 17.5 Å². The van der Waals surface area contributed by atoms with Crippen molar-refractivity contribution in [2.75, 3.05) is 5.75 Å². The van der Waals surface area contributed by atoms with Crippen molar-refractivity contribution in [1.82, 2.24) is 10.1 Å². The second-order valence-electron chi connectivity index (χ2n) is 4.23. The minimum Gasteiger partial charge on any atom is -0.338 e. The van der Waals surface area contributed by atoms with E-state index in [-0.39, 0.29) is 6.04 Å². The Morgan fingerprint density at radius 1 is 1.53 bits per heavy atom. The zero-order valence-electron chi connectivity index (χ0n) is 9.36. The Kier molecular flexibility index (Phi) is 4.12. The van der Waals surface area contributed by atoms with Gasteiger partial charge in [-0.05, 0) is 20.8 Å². The van der Waals surface area contributed by atoms with Gasteiger partial charge in [-0.15, -0.1) is 0 Å². The van der Waals surface area contributed by atoms with Gasteiger partial charge in [-0.3, -0.25) is 0 Å². The third kappa shape index (κ3) is 4.19. The van der Waals surface area contributed by atoms with E-state index in [1.54, 1.807) is 11.8 Å². The van der Waals surface area contributed by atoms with Gasteiger partial charge in [0.15, 0.2) is 5.82 Å². The van der Waals surface area contributed by atoms with Gasteiger partial charge in [0.1, 0.15) is 0 Å². The molecule has 1 aromatic rings. The SMILES string of the molecule is CC(N)CSCc1nc(C(C)(C)N)no1. The lowest BCUT2D eigenvalue weighted by Crippen LogP contribution is -2.30. The number of thioether (sulfide) groups is 1. The zero-order valence-corrected chi connectivity index (χ0v) is 10.2. The van der Waals surface area contributed by atoms with E-state index in [1.165, 1.54) is 0 Å². The lowest BCUT2D eigenvalue weighted by atomic mass is 10.1. The molecule has 15 heavy (non-hydrogen) atoms. The monoisotopic (exact) mass is 230 g/mol. The first kappa shape index (κ1) is 12.5. The van der Waals surface area contributed by atoms with E-state index in [1.807, 2.05) is 20.8 Å². The third-order valence-corrected chi connectivity index (χ3v) is 2.86. The molecule has 1 aromatic heterocycles. The predicted molar refractivity (Wildman–Crippen MR) is 61.3 cm³/mol. The molecule has 0 saturated heterocycles. The summed E-state index contributed by atoms with van der Waals surface area (Å²) >= 11 is 1.68. The van der Waals surface area contributed by atoms with E-state index in [4.69, 9.17) is 16.0 Å². The summed E-state index contributed by atoms with van der Waals surface area (Å²) in [6.07, 6.45) is 0. The van der Waals surface area contributed by atoms with Crippen molar-refractivity contribution in [2.24, 2.45) is 11.5 Å². The van der Waals surface area contributed by atoms with Crippen LogP contribution in [-0.2, 0) is 11.3 Å². The van der Waals surface area contributed by atoms with Crippen molar-refractivity contribution in [1.29, 1.82) is 0 Å². The quantitative estimate of drug-likeness (QED) is 0.779. The van der Waals surface area contributed by atoms with E-state index in [0.717, 1.165) is 5.75 Å². The first-order valence-electron chi connectivity index (χ1n) is 4.85. The summed E-state index contributed by atoms with van der Waals surface area (Å²) in [5, 5.41) is 3.83. The minimum absolute atomic E-state index is 0.184. The van der Waals surface area contributed by atoms with Crippen LogP contribution >= 0.6 is 11.8 Å². The molecule has 1 unspecified atom stereocenters. The summed E-state index contributed by atoms with van der Waals surface area (Å²) in [6.45, 7) is 5.66. The number of hydrogen-bond acceptors (Lipinski definition) is 6. The number of rotatable bonds is 5. The molecular formula is C9H18N4OS. The molecule has 0 spiro atoms. The normalized spacial score (nSPS) is 14.2. The Bertz CT molecular complexity index is 305. The number of nitrogens with two attached hydrogens (primary N) is 2. The van der Waals surface area contributed by atoms with Crippen LogP contribution in [0.25, 0.3) is 0 Å². The molecular weight excluding hydrogens is 212 g/mol. The number of aromatic nitrogens is 2. The molecule has 5 nitrogen and oxygen atoms in total. The van der Waals surface area contributed by atoms with Crippen molar-refractivity contribution in [2.45, 2.75) is 38.1 Å². The second-order valence-corrected chi connectivity index (χ2v) is 5.26. The van der Waals surface area contributed by atoms with Crippen LogP contribution in [0.3, 0.4) is 0 Å². The Hall–Kier alpha value is -0.590. The van der Waals surface area contributed by atoms with Gasteiger partial charge in [-0.25, -0.2) is 0 Å². The lowest BCUT2D eigenvalue weighted by molar-refractivity contribution is 0.370. The molecule has 0 fully saturated rings. The highest BCUT2D eigenvalue weighted by molar-refractivity contribution is 7.98. The fourth-order valence-electron chi connectivity index (χ4n) is 0.907. The zero-order chi connectivity index (χ0) is 11.5. The molecule has 6 heteroatoms. The average molecular weight is 230 g/mol. The van der Waals surface area contributed by atoms with Crippen LogP contribution < -0.4 is 11.5 Å². The lowest BCUT2D eigenvalue weighted by Gasteiger charge is -2.11. The van der Waals surface area contributed by atoms with Gasteiger partial charge in [-0.2, -0.15) is 16.7 Å². The molecule has 0 aliphatic carbocycles. The van der Waals surface area contributed by atoms with Crippen molar-refractivity contribution in [3.8, 4) is 0 Å². The second kappa shape index (κ2) is 4.96. The molecule has 1 heterocycles. The summed E-state index contributed by atoms with van der Waals surface area (Å²) in [4.78, 5) is 4.21. The molecule has 1 rings (SSSR count). The summed E-state index contributed by atoms with van der Waals surface area (Å²) in [7, 11) is 0. The highest BCUT2D eigenvalue weighted by Crippen LogP contribution is 2.16. The van der Waals surface area contributed by atoms with Crippen LogP contribution in [0.2, 0.25) is 0 Å². The Morgan fingerprint density at radius 2 is 2.20 bits per heavy atom. The van der Waals surface area contributed by atoms with Crippen LogP contribution in [0.1, 0.15) is 32.5 Å². The molecule has 4 N–H and O–H groups in total. The van der Waals surface area contributed by atoms with Gasteiger partial charge < -0.3 is 16.0 Å². The Balaban J connectivity index is 2.47. The van der Waals surface area contributed by atoms with Crippen molar-refractivity contribution < 1.29 is 4.52 Å². The molecule has 1 atom stereocenters. The maximum absolute atomic E-state index is 5.84. The van der Waals surface area contributed by atoms with Gasteiger partial charge in [0.2, 0.25) is 5.89 Å². The highest BCUT2D eigenvalue weighted by Gasteiger charge is 2.21. The van der Waals surface area contributed by atoms with E-state index in [2.05, 4.69) is 10.1 Å². The van der Waals surface area contributed by atoms with Crippen LogP contribution in [0.4, 0.5) is 0 Å². The smallest absolute Gasteiger partial charge is 0.236 e. The van der Waals surface area contributed by atoms with Gasteiger partial charge in [0.25, 0.3) is 0 Å².